The molecule has 9 heteroatoms. The van der Waals surface area contributed by atoms with E-state index in [-0.39, 0.29) is 17.4 Å². The molecule has 0 bridgehead atoms. The Morgan fingerprint density at radius 1 is 1.38 bits per heavy atom. The van der Waals surface area contributed by atoms with Crippen LogP contribution in [-0.4, -0.2) is 52.4 Å². The van der Waals surface area contributed by atoms with Crippen molar-refractivity contribution < 1.29 is 13.9 Å². The molecule has 2 fully saturated rings. The number of hydrogen-bond donors (Lipinski definition) is 1. The molecule has 2 amide bonds. The molecule has 4 rings (SSSR count). The van der Waals surface area contributed by atoms with E-state index in [1.54, 1.807) is 11.1 Å². The molecule has 2 saturated heterocycles. The predicted molar refractivity (Wildman–Crippen MR) is 87.1 cm³/mol. The summed E-state index contributed by atoms with van der Waals surface area (Å²) in [5.41, 5.74) is -0.281. The van der Waals surface area contributed by atoms with Gasteiger partial charge in [-0.1, -0.05) is 0 Å². The van der Waals surface area contributed by atoms with Gasteiger partial charge in [-0.3, -0.25) is 5.32 Å². The number of likely N-dealkylation sites (tertiary alicyclic amines) is 1. The lowest BCUT2D eigenvalue weighted by molar-refractivity contribution is 0.0737. The topological polar surface area (TPSA) is 93.4 Å². The second kappa shape index (κ2) is 6.14. The first-order valence-electron chi connectivity index (χ1n) is 8.01. The molecule has 0 aromatic carbocycles. The molecule has 8 nitrogen and oxygen atoms in total. The molecule has 24 heavy (non-hydrogen) atoms. The molecule has 2 aliphatic rings. The summed E-state index contributed by atoms with van der Waals surface area (Å²) in [6.07, 6.45) is 3.50. The third-order valence-corrected chi connectivity index (χ3v) is 5.23. The average molecular weight is 349 g/mol. The van der Waals surface area contributed by atoms with E-state index in [0.717, 1.165) is 26.1 Å². The molecule has 0 saturated carbocycles. The van der Waals surface area contributed by atoms with E-state index in [1.165, 1.54) is 11.3 Å². The highest BCUT2D eigenvalue weighted by Gasteiger charge is 2.47. The predicted octanol–water partition coefficient (Wildman–Crippen LogP) is 2.23. The number of anilines is 1. The van der Waals surface area contributed by atoms with Crippen LogP contribution < -0.4 is 5.32 Å². The fraction of sp³-hybridized carbons (Fsp3) is 0.600. The van der Waals surface area contributed by atoms with Gasteiger partial charge in [-0.25, -0.2) is 9.78 Å². The number of thiazole rings is 1. The summed E-state index contributed by atoms with van der Waals surface area (Å²) in [7, 11) is 0. The molecule has 0 unspecified atom stereocenters. The van der Waals surface area contributed by atoms with Crippen molar-refractivity contribution in [2.75, 3.05) is 31.6 Å². The maximum Gasteiger partial charge on any atom is 0.323 e. The largest absolute Gasteiger partial charge is 0.424 e. The van der Waals surface area contributed by atoms with Gasteiger partial charge in [0.1, 0.15) is 0 Å². The summed E-state index contributed by atoms with van der Waals surface area (Å²) in [6, 6.07) is -0.147. The van der Waals surface area contributed by atoms with E-state index in [4.69, 9.17) is 9.15 Å². The van der Waals surface area contributed by atoms with Gasteiger partial charge in [-0.2, -0.15) is 0 Å². The number of rotatable bonds is 3. The minimum absolute atomic E-state index is 0.147. The van der Waals surface area contributed by atoms with Gasteiger partial charge in [0.15, 0.2) is 5.13 Å². The Morgan fingerprint density at radius 2 is 2.17 bits per heavy atom. The summed E-state index contributed by atoms with van der Waals surface area (Å²) in [5.74, 6) is 1.59. The molecular weight excluding hydrogens is 330 g/mol. The van der Waals surface area contributed by atoms with Crippen LogP contribution in [0.1, 0.15) is 37.5 Å². The third kappa shape index (κ3) is 2.89. The standard InChI is InChI=1S/C15H19N5O3S/c1-15(8-20(9-15)14(21)17-13-16-4-7-24-13)12-19-18-11(23-12)10-2-5-22-6-3-10/h4,7,10H,2-3,5-6,8-9H2,1H3,(H,16,17,21). The number of amides is 2. The molecule has 128 valence electrons. The van der Waals surface area contributed by atoms with Crippen LogP contribution in [0.2, 0.25) is 0 Å². The summed E-state index contributed by atoms with van der Waals surface area (Å²) in [4.78, 5) is 17.9. The lowest BCUT2D eigenvalue weighted by atomic mass is 9.82. The first-order chi connectivity index (χ1) is 11.6. The van der Waals surface area contributed by atoms with Gasteiger partial charge >= 0.3 is 6.03 Å². The van der Waals surface area contributed by atoms with Crippen molar-refractivity contribution in [1.82, 2.24) is 20.1 Å². The van der Waals surface area contributed by atoms with Crippen molar-refractivity contribution in [3.63, 3.8) is 0 Å². The van der Waals surface area contributed by atoms with Gasteiger partial charge in [-0.15, -0.1) is 21.5 Å². The number of urea groups is 1. The fourth-order valence-electron chi connectivity index (χ4n) is 3.12. The maximum absolute atomic E-state index is 12.2. The second-order valence-electron chi connectivity index (χ2n) is 6.52. The molecule has 4 heterocycles. The highest BCUT2D eigenvalue weighted by molar-refractivity contribution is 7.13. The van der Waals surface area contributed by atoms with Crippen molar-refractivity contribution in [2.24, 2.45) is 0 Å². The van der Waals surface area contributed by atoms with Crippen LogP contribution in [0.5, 0.6) is 0 Å². The SMILES string of the molecule is CC1(c2nnc(C3CCOCC3)o2)CN(C(=O)Nc2nccs2)C1. The molecule has 2 aromatic rings. The highest BCUT2D eigenvalue weighted by Crippen LogP contribution is 2.35. The van der Waals surface area contributed by atoms with Crippen LogP contribution >= 0.6 is 11.3 Å². The Morgan fingerprint density at radius 3 is 2.88 bits per heavy atom. The van der Waals surface area contributed by atoms with Gasteiger partial charge in [0, 0.05) is 43.8 Å². The lowest BCUT2D eigenvalue weighted by Crippen LogP contribution is -2.60. The Kier molecular flexibility index (Phi) is 3.97. The molecule has 2 aromatic heterocycles. The van der Waals surface area contributed by atoms with Crippen molar-refractivity contribution in [3.8, 4) is 0 Å². The van der Waals surface area contributed by atoms with Crippen LogP contribution in [0.3, 0.4) is 0 Å². The zero-order valence-corrected chi connectivity index (χ0v) is 14.2. The minimum atomic E-state index is -0.281. The normalized spacial score (nSPS) is 20.6. The third-order valence-electron chi connectivity index (χ3n) is 4.54. The van der Waals surface area contributed by atoms with E-state index in [2.05, 4.69) is 20.5 Å². The quantitative estimate of drug-likeness (QED) is 0.913. The zero-order valence-electron chi connectivity index (χ0n) is 13.4. The van der Waals surface area contributed by atoms with E-state index in [1.807, 2.05) is 12.3 Å². The lowest BCUT2D eigenvalue weighted by Gasteiger charge is -2.45. The van der Waals surface area contributed by atoms with Crippen molar-refractivity contribution in [2.45, 2.75) is 31.1 Å². The fourth-order valence-corrected chi connectivity index (χ4v) is 3.64. The van der Waals surface area contributed by atoms with Gasteiger partial charge < -0.3 is 14.1 Å². The summed E-state index contributed by atoms with van der Waals surface area (Å²) >= 11 is 1.40. The number of carbonyl (C=O) groups is 1. The highest BCUT2D eigenvalue weighted by atomic mass is 32.1. The maximum atomic E-state index is 12.2. The Bertz CT molecular complexity index is 705. The van der Waals surface area contributed by atoms with E-state index < -0.39 is 0 Å². The Balaban J connectivity index is 1.37. The van der Waals surface area contributed by atoms with Crippen molar-refractivity contribution in [3.05, 3.63) is 23.4 Å². The summed E-state index contributed by atoms with van der Waals surface area (Å²) < 4.78 is 11.3. The first kappa shape index (κ1) is 15.5. The van der Waals surface area contributed by atoms with Gasteiger partial charge in [-0.05, 0) is 19.8 Å². The van der Waals surface area contributed by atoms with Crippen LogP contribution in [0, 0.1) is 0 Å². The molecule has 0 atom stereocenters. The number of nitrogens with one attached hydrogen (secondary N) is 1. The smallest absolute Gasteiger partial charge is 0.323 e. The molecule has 2 aliphatic heterocycles. The van der Waals surface area contributed by atoms with Crippen molar-refractivity contribution in [1.29, 1.82) is 0 Å². The molecule has 0 aliphatic carbocycles. The number of ether oxygens (including phenoxy) is 1. The van der Waals surface area contributed by atoms with Crippen LogP contribution in [-0.2, 0) is 10.2 Å². The van der Waals surface area contributed by atoms with E-state index >= 15 is 0 Å². The first-order valence-corrected chi connectivity index (χ1v) is 8.89. The number of hydrogen-bond acceptors (Lipinski definition) is 7. The Hall–Kier alpha value is -2.00. The summed E-state index contributed by atoms with van der Waals surface area (Å²) in [5, 5.41) is 13.7. The molecule has 0 radical (unpaired) electrons. The molecule has 1 N–H and O–H groups in total. The van der Waals surface area contributed by atoms with E-state index in [9.17, 15) is 4.79 Å². The zero-order chi connectivity index (χ0) is 16.6. The van der Waals surface area contributed by atoms with Crippen molar-refractivity contribution >= 4 is 22.5 Å². The second-order valence-corrected chi connectivity index (χ2v) is 7.41. The number of nitrogens with zero attached hydrogens (tertiary/aromatic N) is 4. The van der Waals surface area contributed by atoms with Gasteiger partial charge in [0.2, 0.25) is 11.8 Å². The van der Waals surface area contributed by atoms with Crippen LogP contribution in [0.15, 0.2) is 16.0 Å². The summed E-state index contributed by atoms with van der Waals surface area (Å²) in [6.45, 7) is 4.63. The minimum Gasteiger partial charge on any atom is -0.424 e. The van der Waals surface area contributed by atoms with Crippen LogP contribution in [0.25, 0.3) is 0 Å². The van der Waals surface area contributed by atoms with E-state index in [0.29, 0.717) is 30.0 Å². The Labute approximate surface area is 143 Å². The molecular formula is C15H19N5O3S. The van der Waals surface area contributed by atoms with Crippen LogP contribution in [0.4, 0.5) is 9.93 Å². The molecule has 0 spiro atoms. The average Bonchev–Trinajstić information content (AvgIpc) is 3.24. The number of carbonyl (C=O) groups excluding carboxylic acids is 1. The monoisotopic (exact) mass is 349 g/mol. The van der Waals surface area contributed by atoms with Gasteiger partial charge in [0.05, 0.1) is 5.41 Å². The number of aromatic nitrogens is 3. The van der Waals surface area contributed by atoms with Gasteiger partial charge in [0.25, 0.3) is 0 Å².